The van der Waals surface area contributed by atoms with Crippen LogP contribution in [0.5, 0.6) is 0 Å². The van der Waals surface area contributed by atoms with Crippen molar-refractivity contribution in [2.24, 2.45) is 0 Å². The lowest BCUT2D eigenvalue weighted by Crippen LogP contribution is -2.10. The van der Waals surface area contributed by atoms with E-state index in [1.807, 2.05) is 6.92 Å². The van der Waals surface area contributed by atoms with E-state index < -0.39 is 0 Å². The predicted octanol–water partition coefficient (Wildman–Crippen LogP) is 1.39. The lowest BCUT2D eigenvalue weighted by molar-refractivity contribution is 0.843. The van der Waals surface area contributed by atoms with E-state index in [-0.39, 0.29) is 5.56 Å². The van der Waals surface area contributed by atoms with Gasteiger partial charge in [0.2, 0.25) is 0 Å². The van der Waals surface area contributed by atoms with Crippen molar-refractivity contribution >= 4 is 16.6 Å². The van der Waals surface area contributed by atoms with Crippen molar-refractivity contribution in [3.63, 3.8) is 0 Å². The van der Waals surface area contributed by atoms with Gasteiger partial charge in [-0.3, -0.25) is 9.78 Å². The molecule has 6 heteroatoms. The summed E-state index contributed by atoms with van der Waals surface area (Å²) in [6.07, 6.45) is 4.74. The number of pyridine rings is 1. The molecule has 1 N–H and O–H groups in total. The average molecular weight is 253 g/mol. The summed E-state index contributed by atoms with van der Waals surface area (Å²) in [5.74, 6) is 0. The lowest BCUT2D eigenvalue weighted by atomic mass is 10.2. The number of aryl methyl sites for hydroxylation is 1. The number of aromatic nitrogens is 4. The Hall–Kier alpha value is -2.68. The molecule has 0 aliphatic rings. The first-order valence-corrected chi connectivity index (χ1v) is 6.04. The van der Waals surface area contributed by atoms with Crippen molar-refractivity contribution in [3.05, 3.63) is 40.1 Å². The van der Waals surface area contributed by atoms with Crippen LogP contribution in [0.4, 0.5) is 0 Å². The summed E-state index contributed by atoms with van der Waals surface area (Å²) in [7, 11) is 0. The van der Waals surface area contributed by atoms with Crippen LogP contribution < -0.4 is 5.56 Å². The van der Waals surface area contributed by atoms with Gasteiger partial charge in [-0.05, 0) is 12.5 Å². The van der Waals surface area contributed by atoms with Gasteiger partial charge in [-0.1, -0.05) is 13.3 Å². The molecule has 0 saturated heterocycles. The Labute approximate surface area is 108 Å². The average Bonchev–Trinajstić information content (AvgIpc) is 2.77. The standard InChI is InChI=1S/C13H11N5O/c1-2-3-10-9(6-14)12-16-13(19)8-4-5-15-7-11(8)18(12)17-10/h4-5,7H,2-3H2,1H3,(H,16,19). The van der Waals surface area contributed by atoms with Crippen LogP contribution in [0.1, 0.15) is 24.6 Å². The highest BCUT2D eigenvalue weighted by molar-refractivity contribution is 5.80. The molecular weight excluding hydrogens is 242 g/mol. The predicted molar refractivity (Wildman–Crippen MR) is 69.8 cm³/mol. The molecule has 6 nitrogen and oxygen atoms in total. The van der Waals surface area contributed by atoms with Crippen molar-refractivity contribution in [3.8, 4) is 6.07 Å². The van der Waals surface area contributed by atoms with Gasteiger partial charge in [0.1, 0.15) is 11.6 Å². The van der Waals surface area contributed by atoms with E-state index in [0.29, 0.717) is 34.2 Å². The Morgan fingerprint density at radius 1 is 1.53 bits per heavy atom. The third-order valence-corrected chi connectivity index (χ3v) is 3.06. The number of aromatic amines is 1. The molecule has 0 amide bonds. The topological polar surface area (TPSA) is 86.8 Å². The molecule has 0 aliphatic carbocycles. The zero-order chi connectivity index (χ0) is 13.4. The van der Waals surface area contributed by atoms with Gasteiger partial charge < -0.3 is 4.98 Å². The number of H-pyrrole nitrogens is 1. The normalized spacial score (nSPS) is 10.9. The third kappa shape index (κ3) is 1.59. The Morgan fingerprint density at radius 3 is 3.11 bits per heavy atom. The molecule has 3 rings (SSSR count). The van der Waals surface area contributed by atoms with E-state index in [1.165, 1.54) is 0 Å². The highest BCUT2D eigenvalue weighted by Crippen LogP contribution is 2.17. The quantitative estimate of drug-likeness (QED) is 0.747. The van der Waals surface area contributed by atoms with Crippen LogP contribution in [0.15, 0.2) is 23.3 Å². The van der Waals surface area contributed by atoms with Crippen LogP contribution in [-0.2, 0) is 6.42 Å². The maximum Gasteiger partial charge on any atom is 0.259 e. The van der Waals surface area contributed by atoms with Gasteiger partial charge in [-0.15, -0.1) is 0 Å². The van der Waals surface area contributed by atoms with Gasteiger partial charge in [-0.2, -0.15) is 10.4 Å². The molecule has 3 heterocycles. The SMILES string of the molecule is CCCc1nn2c([nH]c(=O)c3ccncc32)c1C#N. The summed E-state index contributed by atoms with van der Waals surface area (Å²) in [4.78, 5) is 18.7. The van der Waals surface area contributed by atoms with Crippen LogP contribution in [-0.4, -0.2) is 19.6 Å². The van der Waals surface area contributed by atoms with E-state index >= 15 is 0 Å². The van der Waals surface area contributed by atoms with Crippen LogP contribution >= 0.6 is 0 Å². The van der Waals surface area contributed by atoms with Crippen molar-refractivity contribution < 1.29 is 0 Å². The lowest BCUT2D eigenvalue weighted by Gasteiger charge is -1.99. The van der Waals surface area contributed by atoms with Crippen molar-refractivity contribution in [1.82, 2.24) is 19.6 Å². The molecule has 0 atom stereocenters. The molecule has 3 aromatic heterocycles. The highest BCUT2D eigenvalue weighted by atomic mass is 16.1. The van der Waals surface area contributed by atoms with E-state index in [9.17, 15) is 10.1 Å². The van der Waals surface area contributed by atoms with Gasteiger partial charge >= 0.3 is 0 Å². The van der Waals surface area contributed by atoms with Gasteiger partial charge in [0.25, 0.3) is 5.56 Å². The summed E-state index contributed by atoms with van der Waals surface area (Å²) in [5.41, 5.74) is 1.96. The largest absolute Gasteiger partial charge is 0.305 e. The molecule has 0 aromatic carbocycles. The van der Waals surface area contributed by atoms with E-state index in [0.717, 1.165) is 6.42 Å². The fourth-order valence-electron chi connectivity index (χ4n) is 2.20. The first-order chi connectivity index (χ1) is 9.26. The molecule has 0 radical (unpaired) electrons. The van der Waals surface area contributed by atoms with E-state index in [2.05, 4.69) is 21.1 Å². The molecule has 0 spiro atoms. The molecule has 3 aromatic rings. The van der Waals surface area contributed by atoms with Crippen LogP contribution in [0.25, 0.3) is 16.6 Å². The second kappa shape index (κ2) is 4.21. The second-order valence-corrected chi connectivity index (χ2v) is 4.29. The third-order valence-electron chi connectivity index (χ3n) is 3.06. The van der Waals surface area contributed by atoms with E-state index in [4.69, 9.17) is 0 Å². The number of nitrogens with zero attached hydrogens (tertiary/aromatic N) is 4. The molecule has 0 aliphatic heterocycles. The number of hydrogen-bond acceptors (Lipinski definition) is 4. The van der Waals surface area contributed by atoms with Gasteiger partial charge in [0.15, 0.2) is 5.65 Å². The molecular formula is C13H11N5O. The monoisotopic (exact) mass is 253 g/mol. The molecule has 0 unspecified atom stereocenters. The number of rotatable bonds is 2. The van der Waals surface area contributed by atoms with E-state index in [1.54, 1.807) is 23.0 Å². The summed E-state index contributed by atoms with van der Waals surface area (Å²) >= 11 is 0. The molecule has 0 saturated carbocycles. The Morgan fingerprint density at radius 2 is 2.37 bits per heavy atom. The fourth-order valence-corrected chi connectivity index (χ4v) is 2.20. The minimum atomic E-state index is -0.232. The van der Waals surface area contributed by atoms with Gasteiger partial charge in [0, 0.05) is 6.20 Å². The van der Waals surface area contributed by atoms with Gasteiger partial charge in [-0.25, -0.2) is 4.52 Å². The fraction of sp³-hybridized carbons (Fsp3) is 0.231. The summed E-state index contributed by atoms with van der Waals surface area (Å²) in [6.45, 7) is 2.02. The summed E-state index contributed by atoms with van der Waals surface area (Å²) < 4.78 is 1.59. The van der Waals surface area contributed by atoms with Crippen molar-refractivity contribution in [2.75, 3.05) is 0 Å². The first-order valence-electron chi connectivity index (χ1n) is 6.04. The van der Waals surface area contributed by atoms with Crippen LogP contribution in [0.2, 0.25) is 0 Å². The maximum atomic E-state index is 12.0. The smallest absolute Gasteiger partial charge is 0.259 e. The minimum absolute atomic E-state index is 0.232. The van der Waals surface area contributed by atoms with Crippen molar-refractivity contribution in [1.29, 1.82) is 5.26 Å². The number of fused-ring (bicyclic) bond motifs is 3. The molecule has 0 fully saturated rings. The van der Waals surface area contributed by atoms with Gasteiger partial charge in [0.05, 0.1) is 22.8 Å². The zero-order valence-electron chi connectivity index (χ0n) is 10.3. The minimum Gasteiger partial charge on any atom is -0.305 e. The molecule has 94 valence electrons. The zero-order valence-corrected chi connectivity index (χ0v) is 10.3. The first kappa shape index (κ1) is 11.4. The summed E-state index contributed by atoms with van der Waals surface area (Å²) in [5, 5.41) is 14.2. The maximum absolute atomic E-state index is 12.0. The molecule has 19 heavy (non-hydrogen) atoms. The Bertz CT molecular complexity index is 868. The summed E-state index contributed by atoms with van der Waals surface area (Å²) in [6, 6.07) is 3.76. The Balaban J connectivity index is 2.51. The second-order valence-electron chi connectivity index (χ2n) is 4.29. The highest BCUT2D eigenvalue weighted by Gasteiger charge is 2.15. The van der Waals surface area contributed by atoms with Crippen LogP contribution in [0.3, 0.4) is 0 Å². The Kier molecular flexibility index (Phi) is 2.53. The van der Waals surface area contributed by atoms with Crippen molar-refractivity contribution in [2.45, 2.75) is 19.8 Å². The molecule has 0 bridgehead atoms. The number of hydrogen-bond donors (Lipinski definition) is 1. The van der Waals surface area contributed by atoms with Crippen LogP contribution in [0, 0.1) is 11.3 Å². The number of nitrogens with one attached hydrogen (secondary N) is 1. The number of nitriles is 1.